The predicted octanol–water partition coefficient (Wildman–Crippen LogP) is 7.10. The molecule has 1 fully saturated rings. The minimum atomic E-state index is -1.21. The van der Waals surface area contributed by atoms with Crippen LogP contribution in [0.4, 0.5) is 0 Å². The molecule has 1 heterocycles. The molecule has 0 aliphatic carbocycles. The summed E-state index contributed by atoms with van der Waals surface area (Å²) in [5, 5.41) is 0. The van der Waals surface area contributed by atoms with Gasteiger partial charge in [-0.2, -0.15) is 0 Å². The molecule has 4 atom stereocenters. The Hall–Kier alpha value is -2.61. The lowest BCUT2D eigenvalue weighted by Gasteiger charge is -2.26. The fraction of sp³-hybridized carbons (Fsp3) is 0.500. The molecule has 0 spiro atoms. The first-order valence-electron chi connectivity index (χ1n) is 13.5. The molecule has 3 rings (SSSR count). The normalized spacial score (nSPS) is 20.9. The molecule has 0 aromatic heterocycles. The molecule has 0 radical (unpaired) electrons. The van der Waals surface area contributed by atoms with Crippen molar-refractivity contribution in [3.63, 3.8) is 0 Å². The van der Waals surface area contributed by atoms with Crippen molar-refractivity contribution in [1.82, 2.24) is 0 Å². The van der Waals surface area contributed by atoms with Crippen LogP contribution in [-0.4, -0.2) is 37.5 Å². The number of methoxy groups -OCH3 is 1. The highest BCUT2D eigenvalue weighted by Crippen LogP contribution is 2.42. The van der Waals surface area contributed by atoms with E-state index in [4.69, 9.17) is 18.9 Å². The van der Waals surface area contributed by atoms with Crippen LogP contribution in [0.5, 0.6) is 0 Å². The summed E-state index contributed by atoms with van der Waals surface area (Å²) in [6, 6.07) is 12.4. The topological polar surface area (TPSA) is 71.1 Å². The maximum absolute atomic E-state index is 13.1. The maximum atomic E-state index is 13.1. The van der Waals surface area contributed by atoms with Crippen LogP contribution < -0.4 is 0 Å². The van der Waals surface area contributed by atoms with Crippen LogP contribution in [0, 0.1) is 26.7 Å². The number of allylic oxidation sites excluding steroid dienone is 1. The fourth-order valence-electron chi connectivity index (χ4n) is 5.38. The largest absolute Gasteiger partial charge is 0.467 e. The summed E-state index contributed by atoms with van der Waals surface area (Å²) < 4.78 is 23.2. The van der Waals surface area contributed by atoms with Crippen molar-refractivity contribution in [2.24, 2.45) is 5.92 Å². The average Bonchev–Trinajstić information content (AvgIpc) is 3.30. The molecule has 2 aromatic rings. The number of thioether (sulfide) groups is 1. The van der Waals surface area contributed by atoms with E-state index in [1.54, 1.807) is 11.8 Å². The standard InChI is InChI=1S/C32H42O6S/c1-9-28(37-24(6)33)26-12-10-11-25(17-26)15-21(3)16-27(39-8)18-32(31(34)35-7)19-36-30(38-32)29-22(4)13-20(2)14-23(29)5/h10-14,16-17,21,28,30H,9,15,18-19H2,1-8H3/b27-16-/t21-,28-,30+,32+/m0/s1. The molecule has 0 unspecified atom stereocenters. The van der Waals surface area contributed by atoms with Gasteiger partial charge in [-0.1, -0.05) is 61.9 Å². The van der Waals surface area contributed by atoms with Gasteiger partial charge in [-0.25, -0.2) is 4.79 Å². The number of rotatable bonds is 11. The van der Waals surface area contributed by atoms with Gasteiger partial charge in [-0.3, -0.25) is 4.79 Å². The van der Waals surface area contributed by atoms with Gasteiger partial charge in [0.1, 0.15) is 6.10 Å². The summed E-state index contributed by atoms with van der Waals surface area (Å²) in [5.41, 5.74) is 5.25. The molecule has 1 aliphatic rings. The number of carbonyl (C=O) groups is 2. The number of aryl methyl sites for hydroxylation is 3. The van der Waals surface area contributed by atoms with Crippen LogP contribution in [0.3, 0.4) is 0 Å². The number of hydrogen-bond acceptors (Lipinski definition) is 7. The minimum absolute atomic E-state index is 0.125. The smallest absolute Gasteiger partial charge is 0.341 e. The van der Waals surface area contributed by atoms with Gasteiger partial charge in [0.15, 0.2) is 11.9 Å². The third-order valence-corrected chi connectivity index (χ3v) is 7.89. The first-order chi connectivity index (χ1) is 18.5. The van der Waals surface area contributed by atoms with E-state index in [2.05, 4.69) is 44.2 Å². The molecule has 39 heavy (non-hydrogen) atoms. The number of esters is 2. The number of hydrogen-bond donors (Lipinski definition) is 0. The highest BCUT2D eigenvalue weighted by Gasteiger charge is 2.50. The van der Waals surface area contributed by atoms with E-state index >= 15 is 0 Å². The lowest BCUT2D eigenvalue weighted by molar-refractivity contribution is -0.169. The lowest BCUT2D eigenvalue weighted by Crippen LogP contribution is -2.42. The summed E-state index contributed by atoms with van der Waals surface area (Å²) >= 11 is 1.61. The molecular weight excluding hydrogens is 512 g/mol. The summed E-state index contributed by atoms with van der Waals surface area (Å²) in [4.78, 5) is 25.6. The minimum Gasteiger partial charge on any atom is -0.467 e. The van der Waals surface area contributed by atoms with E-state index in [1.165, 1.54) is 19.6 Å². The first kappa shape index (κ1) is 30.9. The Morgan fingerprint density at radius 2 is 1.87 bits per heavy atom. The van der Waals surface area contributed by atoms with Gasteiger partial charge in [0.2, 0.25) is 0 Å². The second-order valence-electron chi connectivity index (χ2n) is 10.5. The molecule has 1 aliphatic heterocycles. The van der Waals surface area contributed by atoms with Crippen molar-refractivity contribution in [2.45, 2.75) is 78.8 Å². The van der Waals surface area contributed by atoms with Crippen molar-refractivity contribution < 1.29 is 28.5 Å². The van der Waals surface area contributed by atoms with Crippen molar-refractivity contribution in [3.8, 4) is 0 Å². The number of carbonyl (C=O) groups excluding carboxylic acids is 2. The molecule has 6 nitrogen and oxygen atoms in total. The first-order valence-corrected chi connectivity index (χ1v) is 14.7. The van der Waals surface area contributed by atoms with Crippen LogP contribution in [0.2, 0.25) is 0 Å². The quantitative estimate of drug-likeness (QED) is 0.274. The zero-order valence-electron chi connectivity index (χ0n) is 24.5. The molecule has 212 valence electrons. The zero-order valence-corrected chi connectivity index (χ0v) is 25.3. The van der Waals surface area contributed by atoms with Crippen molar-refractivity contribution >= 4 is 23.7 Å². The Morgan fingerprint density at radius 3 is 2.46 bits per heavy atom. The average molecular weight is 555 g/mol. The maximum Gasteiger partial charge on any atom is 0.341 e. The Kier molecular flexibility index (Phi) is 10.8. The van der Waals surface area contributed by atoms with Crippen LogP contribution in [-0.2, 0) is 35.0 Å². The van der Waals surface area contributed by atoms with Gasteiger partial charge >= 0.3 is 11.9 Å². The molecule has 0 amide bonds. The summed E-state index contributed by atoms with van der Waals surface area (Å²) in [7, 11) is 1.39. The summed E-state index contributed by atoms with van der Waals surface area (Å²) in [6.07, 6.45) is 5.23. The van der Waals surface area contributed by atoms with Gasteiger partial charge in [-0.05, 0) is 72.9 Å². The van der Waals surface area contributed by atoms with Crippen molar-refractivity contribution in [2.75, 3.05) is 20.0 Å². The molecular formula is C32H42O6S. The van der Waals surface area contributed by atoms with Gasteiger partial charge in [0.25, 0.3) is 0 Å². The molecule has 0 saturated carbocycles. The van der Waals surface area contributed by atoms with Gasteiger partial charge < -0.3 is 18.9 Å². The monoisotopic (exact) mass is 554 g/mol. The second kappa shape index (κ2) is 13.6. The van der Waals surface area contributed by atoms with E-state index in [9.17, 15) is 9.59 Å². The summed E-state index contributed by atoms with van der Waals surface area (Å²) in [5.74, 6) is -0.504. The van der Waals surface area contributed by atoms with E-state index in [0.29, 0.717) is 6.42 Å². The van der Waals surface area contributed by atoms with Crippen molar-refractivity contribution in [3.05, 3.63) is 80.8 Å². The fourth-order valence-corrected chi connectivity index (χ4v) is 6.13. The van der Waals surface area contributed by atoms with E-state index in [1.807, 2.05) is 39.2 Å². The number of ether oxygens (including phenoxy) is 4. The van der Waals surface area contributed by atoms with Crippen LogP contribution in [0.1, 0.15) is 79.4 Å². The third-order valence-electron chi connectivity index (χ3n) is 7.08. The second-order valence-corrected chi connectivity index (χ2v) is 11.4. The molecule has 7 heteroatoms. The summed E-state index contributed by atoms with van der Waals surface area (Å²) in [6.45, 7) is 11.9. The Balaban J connectivity index is 1.79. The molecule has 0 bridgehead atoms. The zero-order chi connectivity index (χ0) is 28.7. The highest BCUT2D eigenvalue weighted by molar-refractivity contribution is 8.02. The third kappa shape index (κ3) is 7.74. The van der Waals surface area contributed by atoms with E-state index < -0.39 is 17.9 Å². The van der Waals surface area contributed by atoms with Crippen molar-refractivity contribution in [1.29, 1.82) is 0 Å². The Morgan fingerprint density at radius 1 is 1.18 bits per heavy atom. The van der Waals surface area contributed by atoms with Gasteiger partial charge in [0, 0.05) is 18.9 Å². The van der Waals surface area contributed by atoms with Gasteiger partial charge in [-0.15, -0.1) is 11.8 Å². The Bertz CT molecular complexity index is 1180. The molecule has 2 aromatic carbocycles. The predicted molar refractivity (Wildman–Crippen MR) is 156 cm³/mol. The highest BCUT2D eigenvalue weighted by atomic mass is 32.2. The van der Waals surface area contributed by atoms with E-state index in [-0.39, 0.29) is 24.6 Å². The van der Waals surface area contributed by atoms with Crippen LogP contribution >= 0.6 is 11.8 Å². The number of benzene rings is 2. The van der Waals surface area contributed by atoms with E-state index in [0.717, 1.165) is 45.6 Å². The lowest BCUT2D eigenvalue weighted by atomic mass is 9.95. The molecule has 1 saturated heterocycles. The van der Waals surface area contributed by atoms with Crippen LogP contribution in [0.15, 0.2) is 47.4 Å². The van der Waals surface area contributed by atoms with Crippen LogP contribution in [0.25, 0.3) is 0 Å². The van der Waals surface area contributed by atoms with Gasteiger partial charge in [0.05, 0.1) is 13.7 Å². The Labute approximate surface area is 237 Å². The molecule has 0 N–H and O–H groups in total. The SMILES string of the molecule is CC[C@H](OC(C)=O)c1cccc(C[C@H](C)/C=C(/C[C@]2(C(=O)OC)CO[C@@H](c3c(C)cc(C)cc3C)O2)SC)c1.